The highest BCUT2D eigenvalue weighted by atomic mass is 16.6. The summed E-state index contributed by atoms with van der Waals surface area (Å²) in [5.41, 5.74) is 2.44. The minimum Gasteiger partial charge on any atom is -0.377 e. The largest absolute Gasteiger partial charge is 0.377 e. The van der Waals surface area contributed by atoms with Gasteiger partial charge in [0.2, 0.25) is 0 Å². The summed E-state index contributed by atoms with van der Waals surface area (Å²) in [5, 5.41) is 1.24. The second kappa shape index (κ2) is 6.79. The first-order chi connectivity index (χ1) is 10.7. The first kappa shape index (κ1) is 15.5. The van der Waals surface area contributed by atoms with Crippen LogP contribution in [0.4, 0.5) is 0 Å². The Balaban J connectivity index is 1.73. The van der Waals surface area contributed by atoms with Crippen LogP contribution in [0, 0.1) is 0 Å². The van der Waals surface area contributed by atoms with E-state index in [1.807, 2.05) is 6.20 Å². The highest BCUT2D eigenvalue weighted by Crippen LogP contribution is 2.21. The molecule has 120 valence electrons. The van der Waals surface area contributed by atoms with Gasteiger partial charge in [0.05, 0.1) is 19.3 Å². The van der Waals surface area contributed by atoms with E-state index in [-0.39, 0.29) is 18.2 Å². The maximum atomic E-state index is 5.68. The van der Waals surface area contributed by atoms with Crippen LogP contribution in [0.3, 0.4) is 0 Å². The molecule has 1 saturated heterocycles. The number of nitrogens with zero attached hydrogens (tertiary/aromatic N) is 1. The Labute approximate surface area is 131 Å². The first-order valence-electron chi connectivity index (χ1n) is 7.62. The fourth-order valence-corrected chi connectivity index (χ4v) is 3.23. The monoisotopic (exact) mass is 304 g/mol. The lowest BCUT2D eigenvalue weighted by atomic mass is 10.0. The molecule has 0 amide bonds. The van der Waals surface area contributed by atoms with Gasteiger partial charge in [-0.3, -0.25) is 4.90 Å². The summed E-state index contributed by atoms with van der Waals surface area (Å²) in [7, 11) is 5.56. The summed E-state index contributed by atoms with van der Waals surface area (Å²) >= 11 is 0. The van der Waals surface area contributed by atoms with Crippen molar-refractivity contribution in [3.63, 3.8) is 0 Å². The molecule has 5 heteroatoms. The van der Waals surface area contributed by atoms with Crippen molar-refractivity contribution in [2.24, 2.45) is 0 Å². The van der Waals surface area contributed by atoms with Gasteiger partial charge in [0, 0.05) is 32.5 Å². The number of aromatic nitrogens is 1. The van der Waals surface area contributed by atoms with Crippen LogP contribution in [0.1, 0.15) is 5.56 Å². The molecule has 2 heterocycles. The number of rotatable bonds is 5. The standard InChI is InChI=1S/C17H24N2O3/c1-19(15-10-22-11-16(20-2)17(15)21-3)9-12-4-5-13-6-7-18-14(13)8-12/h4-8,15-18H,9-11H2,1-3H3/t15-,16-,17+/m1/s1. The van der Waals surface area contributed by atoms with Crippen LogP contribution < -0.4 is 0 Å². The van der Waals surface area contributed by atoms with Crippen molar-refractivity contribution in [3.05, 3.63) is 36.0 Å². The SMILES string of the molecule is CO[C@H]1[C@H](N(C)Cc2ccc3cc[nH]c3c2)COC[C@H]1OC. The Morgan fingerprint density at radius 3 is 2.86 bits per heavy atom. The minimum absolute atomic E-state index is 0.0166. The number of benzene rings is 1. The summed E-state index contributed by atoms with van der Waals surface area (Å²) in [6.07, 6.45) is 1.98. The Bertz CT molecular complexity index is 613. The lowest BCUT2D eigenvalue weighted by Gasteiger charge is -2.40. The topological polar surface area (TPSA) is 46.7 Å². The summed E-state index contributed by atoms with van der Waals surface area (Å²) in [6, 6.07) is 8.79. The molecule has 3 rings (SSSR count). The number of ether oxygens (including phenoxy) is 3. The molecule has 3 atom stereocenters. The van der Waals surface area contributed by atoms with Crippen molar-refractivity contribution >= 4 is 10.9 Å². The minimum atomic E-state index is -0.0166. The lowest BCUT2D eigenvalue weighted by molar-refractivity contribution is -0.153. The number of nitrogens with one attached hydrogen (secondary N) is 1. The highest BCUT2D eigenvalue weighted by molar-refractivity contribution is 5.79. The van der Waals surface area contributed by atoms with Crippen LogP contribution in [0.15, 0.2) is 30.5 Å². The zero-order valence-corrected chi connectivity index (χ0v) is 13.4. The molecule has 1 aliphatic rings. The molecular formula is C17H24N2O3. The molecule has 1 N–H and O–H groups in total. The molecule has 1 aromatic heterocycles. The van der Waals surface area contributed by atoms with Gasteiger partial charge in [0.25, 0.3) is 0 Å². The lowest BCUT2D eigenvalue weighted by Crippen LogP contribution is -2.56. The molecular weight excluding hydrogens is 280 g/mol. The molecule has 5 nitrogen and oxygen atoms in total. The quantitative estimate of drug-likeness (QED) is 0.918. The molecule has 0 spiro atoms. The summed E-state index contributed by atoms with van der Waals surface area (Å²) in [6.45, 7) is 2.10. The van der Waals surface area contributed by atoms with Gasteiger partial charge in [0.1, 0.15) is 12.2 Å². The maximum Gasteiger partial charge on any atom is 0.108 e. The Morgan fingerprint density at radius 1 is 1.23 bits per heavy atom. The number of hydrogen-bond donors (Lipinski definition) is 1. The van der Waals surface area contributed by atoms with Gasteiger partial charge in [-0.1, -0.05) is 12.1 Å². The first-order valence-corrected chi connectivity index (χ1v) is 7.62. The van der Waals surface area contributed by atoms with E-state index in [1.165, 1.54) is 16.5 Å². The zero-order chi connectivity index (χ0) is 15.5. The second-order valence-corrected chi connectivity index (χ2v) is 5.89. The van der Waals surface area contributed by atoms with Gasteiger partial charge < -0.3 is 19.2 Å². The third-order valence-electron chi connectivity index (χ3n) is 4.51. The van der Waals surface area contributed by atoms with Crippen LogP contribution in [0.25, 0.3) is 10.9 Å². The Hall–Kier alpha value is -1.40. The van der Waals surface area contributed by atoms with Crippen molar-refractivity contribution in [1.29, 1.82) is 0 Å². The summed E-state index contributed by atoms with van der Waals surface area (Å²) in [4.78, 5) is 5.54. The molecule has 0 aliphatic carbocycles. The van der Waals surface area contributed by atoms with Gasteiger partial charge in [0.15, 0.2) is 0 Å². The van der Waals surface area contributed by atoms with Crippen LogP contribution in [-0.4, -0.2) is 62.6 Å². The number of aromatic amines is 1. The normalized spacial score (nSPS) is 25.9. The fourth-order valence-electron chi connectivity index (χ4n) is 3.23. The third-order valence-corrected chi connectivity index (χ3v) is 4.51. The predicted molar refractivity (Wildman–Crippen MR) is 86.0 cm³/mol. The maximum absolute atomic E-state index is 5.68. The number of methoxy groups -OCH3 is 2. The van der Waals surface area contributed by atoms with Gasteiger partial charge in [-0.15, -0.1) is 0 Å². The van der Waals surface area contributed by atoms with E-state index < -0.39 is 0 Å². The zero-order valence-electron chi connectivity index (χ0n) is 13.4. The van der Waals surface area contributed by atoms with E-state index in [9.17, 15) is 0 Å². The highest BCUT2D eigenvalue weighted by Gasteiger charge is 2.36. The van der Waals surface area contributed by atoms with Crippen molar-refractivity contribution < 1.29 is 14.2 Å². The Morgan fingerprint density at radius 2 is 2.09 bits per heavy atom. The summed E-state index contributed by atoms with van der Waals surface area (Å²) in [5.74, 6) is 0. The van der Waals surface area contributed by atoms with Gasteiger partial charge in [-0.25, -0.2) is 0 Å². The molecule has 0 bridgehead atoms. The van der Waals surface area contributed by atoms with E-state index in [2.05, 4.69) is 41.2 Å². The van der Waals surface area contributed by atoms with Crippen LogP contribution in [0.5, 0.6) is 0 Å². The molecule has 0 saturated carbocycles. The molecule has 1 fully saturated rings. The van der Waals surface area contributed by atoms with Crippen LogP contribution in [0.2, 0.25) is 0 Å². The summed E-state index contributed by atoms with van der Waals surface area (Å²) < 4.78 is 16.8. The van der Waals surface area contributed by atoms with Crippen molar-refractivity contribution in [1.82, 2.24) is 9.88 Å². The molecule has 0 unspecified atom stereocenters. The molecule has 1 aromatic carbocycles. The second-order valence-electron chi connectivity index (χ2n) is 5.89. The van der Waals surface area contributed by atoms with Crippen LogP contribution >= 0.6 is 0 Å². The van der Waals surface area contributed by atoms with Gasteiger partial charge in [-0.2, -0.15) is 0 Å². The number of fused-ring (bicyclic) bond motifs is 1. The van der Waals surface area contributed by atoms with E-state index >= 15 is 0 Å². The molecule has 0 radical (unpaired) electrons. The number of H-pyrrole nitrogens is 1. The third kappa shape index (κ3) is 3.03. The average Bonchev–Trinajstić information content (AvgIpc) is 3.01. The van der Waals surface area contributed by atoms with Gasteiger partial charge >= 0.3 is 0 Å². The average molecular weight is 304 g/mol. The van der Waals surface area contributed by atoms with Crippen LogP contribution in [-0.2, 0) is 20.8 Å². The van der Waals surface area contributed by atoms with Gasteiger partial charge in [-0.05, 0) is 30.1 Å². The fraction of sp³-hybridized carbons (Fsp3) is 0.529. The number of hydrogen-bond acceptors (Lipinski definition) is 4. The molecule has 2 aromatic rings. The predicted octanol–water partition coefficient (Wildman–Crippen LogP) is 2.03. The van der Waals surface area contributed by atoms with E-state index in [0.717, 1.165) is 6.54 Å². The van der Waals surface area contributed by atoms with E-state index in [4.69, 9.17) is 14.2 Å². The molecule has 22 heavy (non-hydrogen) atoms. The van der Waals surface area contributed by atoms with E-state index in [1.54, 1.807) is 14.2 Å². The van der Waals surface area contributed by atoms with E-state index in [0.29, 0.717) is 13.2 Å². The van der Waals surface area contributed by atoms with Crippen molar-refractivity contribution in [2.75, 3.05) is 34.5 Å². The van der Waals surface area contributed by atoms with Crippen molar-refractivity contribution in [3.8, 4) is 0 Å². The number of likely N-dealkylation sites (N-methyl/N-ethyl adjacent to an activating group) is 1. The molecule has 1 aliphatic heterocycles. The van der Waals surface area contributed by atoms with Crippen molar-refractivity contribution in [2.45, 2.75) is 24.8 Å². The smallest absolute Gasteiger partial charge is 0.108 e. The Kier molecular flexibility index (Phi) is 4.78.